The lowest BCUT2D eigenvalue weighted by molar-refractivity contribution is -0.141. The summed E-state index contributed by atoms with van der Waals surface area (Å²) in [7, 11) is 0. The fraction of sp³-hybridized carbons (Fsp3) is 0.200. The molecule has 0 aliphatic rings. The fourth-order valence-electron chi connectivity index (χ4n) is 1.25. The number of aromatic hydroxyl groups is 1. The molecule has 86 valence electrons. The van der Waals surface area contributed by atoms with Gasteiger partial charge in [-0.05, 0) is 17.7 Å². The van der Waals surface area contributed by atoms with Crippen LogP contribution in [-0.2, 0) is 9.59 Å². The molecule has 1 amide bonds. The van der Waals surface area contributed by atoms with Crippen molar-refractivity contribution in [3.8, 4) is 5.75 Å². The van der Waals surface area contributed by atoms with Gasteiger partial charge in [0, 0.05) is 13.0 Å². The highest BCUT2D eigenvalue weighted by molar-refractivity contribution is 5.83. The first-order chi connectivity index (χ1) is 7.40. The molecule has 0 radical (unpaired) electrons. The number of aliphatic carboxylic acids is 1. The molecule has 1 aromatic carbocycles. The van der Waals surface area contributed by atoms with Crippen LogP contribution in [0.3, 0.4) is 0 Å². The second kappa shape index (κ2) is 4.61. The number of halogens is 1. The quantitative estimate of drug-likeness (QED) is 0.712. The van der Waals surface area contributed by atoms with Crippen LogP contribution in [0.5, 0.6) is 5.75 Å². The number of hydrogen-bond donors (Lipinski definition) is 3. The third kappa shape index (κ3) is 2.94. The van der Waals surface area contributed by atoms with E-state index >= 15 is 0 Å². The zero-order chi connectivity index (χ0) is 12.3. The van der Waals surface area contributed by atoms with Gasteiger partial charge in [-0.25, -0.2) is 9.18 Å². The molecule has 0 aliphatic heterocycles. The number of carboxylic acids is 1. The predicted octanol–water partition coefficient (Wildman–Crippen LogP) is 0.793. The minimum absolute atomic E-state index is 0.0276. The highest BCUT2D eigenvalue weighted by atomic mass is 19.1. The molecular weight excluding hydrogens is 217 g/mol. The standard InChI is InChI=1S/C10H10FNO4/c1-5(13)12-9(10(15)16)6-2-7(11)4-8(14)3-6/h2-4,9,14H,1H3,(H,12,13)(H,15,16). The van der Waals surface area contributed by atoms with Crippen molar-refractivity contribution in [2.24, 2.45) is 0 Å². The van der Waals surface area contributed by atoms with E-state index in [4.69, 9.17) is 10.2 Å². The maximum atomic E-state index is 12.9. The number of benzene rings is 1. The van der Waals surface area contributed by atoms with Crippen molar-refractivity contribution in [1.82, 2.24) is 5.32 Å². The van der Waals surface area contributed by atoms with Gasteiger partial charge in [-0.2, -0.15) is 0 Å². The Morgan fingerprint density at radius 3 is 2.44 bits per heavy atom. The Kier molecular flexibility index (Phi) is 3.44. The number of nitrogens with one attached hydrogen (secondary N) is 1. The Morgan fingerprint density at radius 2 is 2.00 bits per heavy atom. The summed E-state index contributed by atoms with van der Waals surface area (Å²) in [6.45, 7) is 1.15. The molecule has 16 heavy (non-hydrogen) atoms. The van der Waals surface area contributed by atoms with Crippen LogP contribution in [0.25, 0.3) is 0 Å². The van der Waals surface area contributed by atoms with Crippen molar-refractivity contribution < 1.29 is 24.2 Å². The summed E-state index contributed by atoms with van der Waals surface area (Å²) in [5.41, 5.74) is -0.0276. The van der Waals surface area contributed by atoms with Crippen LogP contribution in [0.1, 0.15) is 18.5 Å². The molecule has 1 rings (SSSR count). The minimum atomic E-state index is -1.38. The monoisotopic (exact) mass is 227 g/mol. The zero-order valence-electron chi connectivity index (χ0n) is 8.40. The normalized spacial score (nSPS) is 11.9. The SMILES string of the molecule is CC(=O)NC(C(=O)O)c1cc(O)cc(F)c1. The van der Waals surface area contributed by atoms with Gasteiger partial charge in [0.1, 0.15) is 11.6 Å². The first-order valence-corrected chi connectivity index (χ1v) is 4.39. The van der Waals surface area contributed by atoms with Crippen LogP contribution in [0.15, 0.2) is 18.2 Å². The molecule has 0 aliphatic carbocycles. The predicted molar refractivity (Wildman–Crippen MR) is 52.3 cm³/mol. The number of phenols is 1. The maximum absolute atomic E-state index is 12.9. The molecular formula is C10H10FNO4. The highest BCUT2D eigenvalue weighted by Gasteiger charge is 2.21. The van der Waals surface area contributed by atoms with Gasteiger partial charge >= 0.3 is 5.97 Å². The van der Waals surface area contributed by atoms with E-state index in [0.29, 0.717) is 0 Å². The van der Waals surface area contributed by atoms with Gasteiger partial charge in [0.15, 0.2) is 6.04 Å². The number of rotatable bonds is 3. The lowest BCUT2D eigenvalue weighted by Gasteiger charge is -2.13. The molecule has 1 atom stereocenters. The van der Waals surface area contributed by atoms with E-state index in [9.17, 15) is 14.0 Å². The molecule has 0 bridgehead atoms. The van der Waals surface area contributed by atoms with E-state index in [1.165, 1.54) is 0 Å². The summed E-state index contributed by atoms with van der Waals surface area (Å²) in [6, 6.07) is 1.49. The first kappa shape index (κ1) is 12.0. The van der Waals surface area contributed by atoms with E-state index in [1.54, 1.807) is 0 Å². The van der Waals surface area contributed by atoms with Gasteiger partial charge in [0.25, 0.3) is 0 Å². The van der Waals surface area contributed by atoms with E-state index in [0.717, 1.165) is 25.1 Å². The Morgan fingerprint density at radius 1 is 1.38 bits per heavy atom. The smallest absolute Gasteiger partial charge is 0.330 e. The number of phenolic OH excluding ortho intramolecular Hbond substituents is 1. The second-order valence-corrected chi connectivity index (χ2v) is 3.21. The summed E-state index contributed by atoms with van der Waals surface area (Å²) in [5.74, 6) is -3.06. The van der Waals surface area contributed by atoms with Crippen molar-refractivity contribution >= 4 is 11.9 Å². The van der Waals surface area contributed by atoms with Crippen molar-refractivity contribution in [3.63, 3.8) is 0 Å². The molecule has 6 heteroatoms. The van der Waals surface area contributed by atoms with Crippen molar-refractivity contribution in [1.29, 1.82) is 0 Å². The largest absolute Gasteiger partial charge is 0.508 e. The Balaban J connectivity index is 3.10. The zero-order valence-corrected chi connectivity index (χ0v) is 8.40. The van der Waals surface area contributed by atoms with Gasteiger partial charge in [0.2, 0.25) is 5.91 Å². The van der Waals surface area contributed by atoms with Crippen LogP contribution >= 0.6 is 0 Å². The van der Waals surface area contributed by atoms with Gasteiger partial charge in [-0.1, -0.05) is 0 Å². The molecule has 0 spiro atoms. The first-order valence-electron chi connectivity index (χ1n) is 4.39. The molecule has 0 saturated heterocycles. The number of carbonyl (C=O) groups excluding carboxylic acids is 1. The Bertz CT molecular complexity index is 413. The Hall–Kier alpha value is -2.11. The van der Waals surface area contributed by atoms with Gasteiger partial charge < -0.3 is 15.5 Å². The van der Waals surface area contributed by atoms with E-state index in [2.05, 4.69) is 5.32 Å². The molecule has 0 saturated carbocycles. The van der Waals surface area contributed by atoms with Crippen molar-refractivity contribution in [2.45, 2.75) is 13.0 Å². The van der Waals surface area contributed by atoms with E-state index in [1.807, 2.05) is 0 Å². The molecule has 0 fully saturated rings. The lowest BCUT2D eigenvalue weighted by Crippen LogP contribution is -2.32. The lowest BCUT2D eigenvalue weighted by atomic mass is 10.1. The van der Waals surface area contributed by atoms with Crippen LogP contribution in [0.2, 0.25) is 0 Å². The van der Waals surface area contributed by atoms with Crippen molar-refractivity contribution in [2.75, 3.05) is 0 Å². The molecule has 5 nitrogen and oxygen atoms in total. The minimum Gasteiger partial charge on any atom is -0.508 e. The molecule has 0 heterocycles. The summed E-state index contributed by atoms with van der Waals surface area (Å²) >= 11 is 0. The van der Waals surface area contributed by atoms with Crippen LogP contribution in [0.4, 0.5) is 4.39 Å². The summed E-state index contributed by atoms with van der Waals surface area (Å²) in [6.07, 6.45) is 0. The third-order valence-electron chi connectivity index (χ3n) is 1.83. The van der Waals surface area contributed by atoms with Gasteiger partial charge in [-0.15, -0.1) is 0 Å². The highest BCUT2D eigenvalue weighted by Crippen LogP contribution is 2.20. The maximum Gasteiger partial charge on any atom is 0.330 e. The van der Waals surface area contributed by atoms with Crippen LogP contribution in [0, 0.1) is 5.82 Å². The molecule has 1 aromatic rings. The van der Waals surface area contributed by atoms with Gasteiger partial charge in [0.05, 0.1) is 0 Å². The summed E-state index contributed by atoms with van der Waals surface area (Å²) in [4.78, 5) is 21.6. The van der Waals surface area contributed by atoms with E-state index < -0.39 is 29.5 Å². The van der Waals surface area contributed by atoms with Gasteiger partial charge in [-0.3, -0.25) is 4.79 Å². The number of carboxylic acid groups (broad SMARTS) is 1. The summed E-state index contributed by atoms with van der Waals surface area (Å²) in [5, 5.41) is 20.1. The molecule has 3 N–H and O–H groups in total. The fourth-order valence-corrected chi connectivity index (χ4v) is 1.25. The van der Waals surface area contributed by atoms with Crippen LogP contribution < -0.4 is 5.32 Å². The summed E-state index contributed by atoms with van der Waals surface area (Å²) < 4.78 is 12.9. The average Bonchev–Trinajstić information content (AvgIpc) is 2.11. The Labute approximate surface area is 90.5 Å². The number of hydrogen-bond acceptors (Lipinski definition) is 3. The number of amides is 1. The molecule has 1 unspecified atom stereocenters. The second-order valence-electron chi connectivity index (χ2n) is 3.21. The van der Waals surface area contributed by atoms with E-state index in [-0.39, 0.29) is 5.56 Å². The third-order valence-corrected chi connectivity index (χ3v) is 1.83. The average molecular weight is 227 g/mol. The number of carbonyl (C=O) groups is 2. The van der Waals surface area contributed by atoms with Crippen LogP contribution in [-0.4, -0.2) is 22.1 Å². The molecule has 0 aromatic heterocycles. The topological polar surface area (TPSA) is 86.6 Å². The van der Waals surface area contributed by atoms with Crippen molar-refractivity contribution in [3.05, 3.63) is 29.6 Å².